The third-order valence-corrected chi connectivity index (χ3v) is 8.74. The Morgan fingerprint density at radius 1 is 1.20 bits per heavy atom. The van der Waals surface area contributed by atoms with E-state index < -0.39 is 36.2 Å². The van der Waals surface area contributed by atoms with E-state index in [0.29, 0.717) is 5.06 Å². The zero-order chi connectivity index (χ0) is 14.9. The van der Waals surface area contributed by atoms with Gasteiger partial charge in [0.2, 0.25) is 0 Å². The van der Waals surface area contributed by atoms with Gasteiger partial charge in [0.15, 0.2) is 0 Å². The molecule has 7 heteroatoms. The molecule has 0 atom stereocenters. The van der Waals surface area contributed by atoms with Crippen LogP contribution in [0.4, 0.5) is 0 Å². The number of hydroxylamine groups is 2. The van der Waals surface area contributed by atoms with Gasteiger partial charge in [-0.1, -0.05) is 0 Å². The molecule has 0 N–H and O–H groups in total. The van der Waals surface area contributed by atoms with Gasteiger partial charge in [0.1, 0.15) is 0 Å². The van der Waals surface area contributed by atoms with E-state index >= 15 is 0 Å². The molecule has 0 bridgehead atoms. The molecule has 0 radical (unpaired) electrons. The van der Waals surface area contributed by atoms with Gasteiger partial charge >= 0.3 is 121 Å². The van der Waals surface area contributed by atoms with Crippen LogP contribution in [-0.4, -0.2) is 46.2 Å². The summed E-state index contributed by atoms with van der Waals surface area (Å²) in [4.78, 5) is 50.3. The molecule has 0 saturated carbocycles. The van der Waals surface area contributed by atoms with Crippen molar-refractivity contribution in [1.82, 2.24) is 10.0 Å². The van der Waals surface area contributed by atoms with Crippen LogP contribution < -0.4 is 3.58 Å². The first-order chi connectivity index (χ1) is 9.29. The number of carbonyl (C=O) groups excluding carboxylic acids is 3. The van der Waals surface area contributed by atoms with Crippen LogP contribution in [0, 0.1) is 0 Å². The van der Waals surface area contributed by atoms with Gasteiger partial charge in [-0.05, 0) is 0 Å². The predicted octanol–water partition coefficient (Wildman–Crippen LogP) is 0.848. The summed E-state index contributed by atoms with van der Waals surface area (Å²) in [7, 11) is 0. The summed E-state index contributed by atoms with van der Waals surface area (Å²) in [5.74, 6) is -1.69. The van der Waals surface area contributed by atoms with Crippen LogP contribution in [0.2, 0.25) is 14.8 Å². The molecule has 1 aliphatic rings. The monoisotopic (exact) mass is 384 g/mol. The summed E-state index contributed by atoms with van der Waals surface area (Å²) in [6.07, 6.45) is 3.32. The van der Waals surface area contributed by atoms with E-state index in [0.717, 1.165) is 3.58 Å². The molecule has 106 valence electrons. The third-order valence-electron chi connectivity index (χ3n) is 3.02. The molecule has 0 aliphatic carbocycles. The van der Waals surface area contributed by atoms with Crippen LogP contribution >= 0.6 is 0 Å². The van der Waals surface area contributed by atoms with E-state index in [1.165, 1.54) is 6.20 Å². The zero-order valence-corrected chi connectivity index (χ0v) is 14.5. The molecular formula is C13H16N2O4Sn. The number of carbonyl (C=O) groups is 3. The van der Waals surface area contributed by atoms with E-state index in [9.17, 15) is 14.4 Å². The number of imide groups is 1. The Morgan fingerprint density at radius 2 is 1.80 bits per heavy atom. The summed E-state index contributed by atoms with van der Waals surface area (Å²) >= 11 is -2.33. The Kier molecular flexibility index (Phi) is 4.12. The van der Waals surface area contributed by atoms with Gasteiger partial charge in [0.05, 0.1) is 0 Å². The molecule has 1 aromatic heterocycles. The molecule has 1 aromatic rings. The second-order valence-corrected chi connectivity index (χ2v) is 20.2. The van der Waals surface area contributed by atoms with Gasteiger partial charge in [0.25, 0.3) is 0 Å². The maximum atomic E-state index is 12.0. The molecular weight excluding hydrogens is 367 g/mol. The fourth-order valence-corrected chi connectivity index (χ4v) is 4.75. The SMILES string of the molecule is [CH3][Sn]([CH3])([CH3])[c]1cncc(C(=O)ON2C(=O)CCC2=O)c1. The summed E-state index contributed by atoms with van der Waals surface area (Å²) in [6, 6.07) is 1.75. The predicted molar refractivity (Wildman–Crippen MR) is 73.7 cm³/mol. The van der Waals surface area contributed by atoms with E-state index in [2.05, 4.69) is 19.8 Å². The molecule has 20 heavy (non-hydrogen) atoms. The maximum absolute atomic E-state index is 12.0. The second-order valence-electron chi connectivity index (χ2n) is 5.67. The number of pyridine rings is 1. The van der Waals surface area contributed by atoms with Gasteiger partial charge in [0, 0.05) is 0 Å². The Bertz CT molecular complexity index is 564. The second kappa shape index (κ2) is 5.51. The van der Waals surface area contributed by atoms with Gasteiger partial charge < -0.3 is 0 Å². The molecule has 1 aliphatic heterocycles. The van der Waals surface area contributed by atoms with E-state index in [1.54, 1.807) is 12.3 Å². The fraction of sp³-hybridized carbons (Fsp3) is 0.385. The van der Waals surface area contributed by atoms with Crippen molar-refractivity contribution in [3.8, 4) is 0 Å². The average molecular weight is 383 g/mol. The first-order valence-electron chi connectivity index (χ1n) is 6.32. The van der Waals surface area contributed by atoms with Crippen LogP contribution in [-0.2, 0) is 14.4 Å². The van der Waals surface area contributed by atoms with Gasteiger partial charge in [-0.25, -0.2) is 0 Å². The van der Waals surface area contributed by atoms with Crippen molar-refractivity contribution < 1.29 is 19.2 Å². The Balaban J connectivity index is 2.18. The quantitative estimate of drug-likeness (QED) is 0.572. The van der Waals surface area contributed by atoms with Crippen molar-refractivity contribution in [2.24, 2.45) is 0 Å². The van der Waals surface area contributed by atoms with Crippen LogP contribution in [0.15, 0.2) is 18.5 Å². The molecule has 1 fully saturated rings. The van der Waals surface area contributed by atoms with E-state index in [4.69, 9.17) is 4.84 Å². The number of nitrogens with zero attached hydrogens (tertiary/aromatic N) is 2. The Labute approximate surface area is 120 Å². The Morgan fingerprint density at radius 3 is 2.35 bits per heavy atom. The minimum absolute atomic E-state index is 0.0862. The van der Waals surface area contributed by atoms with Crippen molar-refractivity contribution in [1.29, 1.82) is 0 Å². The van der Waals surface area contributed by atoms with Crippen LogP contribution in [0.1, 0.15) is 23.2 Å². The molecule has 6 nitrogen and oxygen atoms in total. The standard InChI is InChI=1S/C10H7N2O4.3CH3.Sn/c13-8-3-4-9(14)12(8)16-10(15)7-2-1-5-11-6-7;;;;/h2,5-6H,3-4H2;3*1H3;. The third kappa shape index (κ3) is 3.17. The van der Waals surface area contributed by atoms with Crippen molar-refractivity contribution in [2.45, 2.75) is 27.7 Å². The fourth-order valence-electron chi connectivity index (χ4n) is 1.76. The molecule has 2 heterocycles. The minimum atomic E-state index is -2.33. The number of amides is 2. The van der Waals surface area contributed by atoms with Gasteiger partial charge in [-0.15, -0.1) is 0 Å². The topological polar surface area (TPSA) is 76.6 Å². The number of hydrogen-bond acceptors (Lipinski definition) is 5. The molecule has 0 spiro atoms. The molecule has 0 unspecified atom stereocenters. The van der Waals surface area contributed by atoms with Crippen molar-refractivity contribution in [3.05, 3.63) is 24.0 Å². The zero-order valence-electron chi connectivity index (χ0n) is 11.7. The van der Waals surface area contributed by atoms with Crippen molar-refractivity contribution in [3.63, 3.8) is 0 Å². The van der Waals surface area contributed by atoms with E-state index in [1.807, 2.05) is 0 Å². The first-order valence-corrected chi connectivity index (χ1v) is 16.3. The molecule has 0 aromatic carbocycles. The van der Waals surface area contributed by atoms with Crippen LogP contribution in [0.5, 0.6) is 0 Å². The Hall–Kier alpha value is -1.44. The van der Waals surface area contributed by atoms with Crippen molar-refractivity contribution >= 4 is 39.7 Å². The number of aromatic nitrogens is 1. The summed E-state index contributed by atoms with van der Waals surface area (Å²) in [5.41, 5.74) is 0.265. The summed E-state index contributed by atoms with van der Waals surface area (Å²) in [5, 5.41) is 0.551. The number of hydrogen-bond donors (Lipinski definition) is 0. The molecule has 2 rings (SSSR count). The van der Waals surface area contributed by atoms with Gasteiger partial charge in [-0.3, -0.25) is 0 Å². The summed E-state index contributed by atoms with van der Waals surface area (Å²) < 4.78 is 1.08. The average Bonchev–Trinajstić information content (AvgIpc) is 2.69. The van der Waals surface area contributed by atoms with E-state index in [-0.39, 0.29) is 18.4 Å². The normalized spacial score (nSPS) is 15.7. The summed E-state index contributed by atoms with van der Waals surface area (Å²) in [6.45, 7) is 0. The van der Waals surface area contributed by atoms with Crippen LogP contribution in [0.25, 0.3) is 0 Å². The molecule has 1 saturated heterocycles. The number of rotatable bonds is 3. The van der Waals surface area contributed by atoms with Crippen LogP contribution in [0.3, 0.4) is 0 Å². The first kappa shape index (κ1) is 15.0. The van der Waals surface area contributed by atoms with Crippen molar-refractivity contribution in [2.75, 3.05) is 0 Å². The molecule has 2 amide bonds. The van der Waals surface area contributed by atoms with Gasteiger partial charge in [-0.2, -0.15) is 0 Å².